The first-order valence-corrected chi connectivity index (χ1v) is 21.1. The second-order valence-electron chi connectivity index (χ2n) is 15.1. The molecule has 12 nitrogen and oxygen atoms in total. The maximum absolute atomic E-state index is 15.1. The van der Waals surface area contributed by atoms with E-state index < -0.39 is 63.2 Å². The van der Waals surface area contributed by atoms with Crippen molar-refractivity contribution in [2.75, 3.05) is 4.72 Å². The highest BCUT2D eigenvalue weighted by Gasteiger charge is 2.37. The molecule has 7 aromatic rings. The minimum absolute atomic E-state index is 0.0267. The highest BCUT2D eigenvalue weighted by Crippen LogP contribution is 2.38. The minimum Gasteiger partial charge on any atom is -0.344 e. The van der Waals surface area contributed by atoms with Gasteiger partial charge in [-0.1, -0.05) is 49.7 Å². The monoisotopic (exact) mass is 878 g/mol. The van der Waals surface area contributed by atoms with E-state index in [1.807, 2.05) is 13.8 Å². The number of alkyl halides is 2. The van der Waals surface area contributed by atoms with E-state index in [-0.39, 0.29) is 74.2 Å². The Bertz CT molecular complexity index is 3000. The van der Waals surface area contributed by atoms with E-state index in [2.05, 4.69) is 20.2 Å². The van der Waals surface area contributed by atoms with E-state index >= 15 is 9.18 Å². The molecule has 8 rings (SSSR count). The van der Waals surface area contributed by atoms with Crippen molar-refractivity contribution in [3.05, 3.63) is 135 Å². The van der Waals surface area contributed by atoms with E-state index in [9.17, 15) is 30.8 Å². The molecular formula is C42H36ClF5N8O4S. The van der Waals surface area contributed by atoms with Gasteiger partial charge in [-0.25, -0.2) is 35.4 Å². The number of nitrogens with zero attached hydrogens (tertiary/aromatic N) is 6. The number of fused-ring (bicyclic) bond motifs is 2. The van der Waals surface area contributed by atoms with Crippen LogP contribution in [0.4, 0.5) is 27.8 Å². The van der Waals surface area contributed by atoms with E-state index in [4.69, 9.17) is 16.6 Å². The van der Waals surface area contributed by atoms with Gasteiger partial charge in [0.2, 0.25) is 15.9 Å². The first-order valence-electron chi connectivity index (χ1n) is 19.1. The van der Waals surface area contributed by atoms with Gasteiger partial charge in [-0.3, -0.25) is 28.2 Å². The summed E-state index contributed by atoms with van der Waals surface area (Å²) in [6.07, 6.45) is -1.01. The van der Waals surface area contributed by atoms with E-state index in [1.165, 1.54) is 53.2 Å². The van der Waals surface area contributed by atoms with Crippen LogP contribution in [0.2, 0.25) is 5.02 Å². The van der Waals surface area contributed by atoms with Gasteiger partial charge in [0.1, 0.15) is 36.4 Å². The lowest BCUT2D eigenvalue weighted by atomic mass is 10.0. The molecular weight excluding hydrogens is 843 g/mol. The molecule has 1 amide bonds. The van der Waals surface area contributed by atoms with Gasteiger partial charge in [-0.2, -0.15) is 10.2 Å². The molecule has 1 aliphatic rings. The SMILES string of the molecule is CC(C)c1ccn(CC(=O)N[C@@H](Cc2cc(F)cc(F)c2)c2nc3cc(-c4ccccc4F)ccc3c(=O)n2-c2ccc(Cl)c3c(NS(=O)(=O)C4CC4)nn(CC(F)F)c23)n1. The van der Waals surface area contributed by atoms with Crippen molar-refractivity contribution in [3.8, 4) is 16.8 Å². The summed E-state index contributed by atoms with van der Waals surface area (Å²) in [6.45, 7) is 2.47. The Morgan fingerprint density at radius 3 is 2.36 bits per heavy atom. The van der Waals surface area contributed by atoms with Gasteiger partial charge < -0.3 is 5.32 Å². The number of amides is 1. The molecule has 0 radical (unpaired) electrons. The van der Waals surface area contributed by atoms with Crippen LogP contribution in [-0.2, 0) is 34.3 Å². The summed E-state index contributed by atoms with van der Waals surface area (Å²) in [6, 6.07) is 16.1. The van der Waals surface area contributed by atoms with E-state index in [0.29, 0.717) is 30.2 Å². The molecule has 3 aromatic heterocycles. The quantitative estimate of drug-likeness (QED) is 0.105. The lowest BCUT2D eigenvalue weighted by Crippen LogP contribution is -2.37. The molecule has 316 valence electrons. The smallest absolute Gasteiger partial charge is 0.266 e. The number of aromatic nitrogens is 6. The molecule has 0 spiro atoms. The third-order valence-corrected chi connectivity index (χ3v) is 12.4. The van der Waals surface area contributed by atoms with Gasteiger partial charge in [0.15, 0.2) is 5.82 Å². The zero-order valence-corrected chi connectivity index (χ0v) is 34.0. The van der Waals surface area contributed by atoms with Crippen LogP contribution >= 0.6 is 11.6 Å². The third-order valence-electron chi connectivity index (χ3n) is 10.2. The van der Waals surface area contributed by atoms with Crippen LogP contribution in [0.3, 0.4) is 0 Å². The molecule has 2 N–H and O–H groups in total. The molecule has 1 atom stereocenters. The Labute approximate surface area is 350 Å². The van der Waals surface area contributed by atoms with Crippen LogP contribution in [0, 0.1) is 17.5 Å². The van der Waals surface area contributed by atoms with Gasteiger partial charge in [0.05, 0.1) is 49.5 Å². The number of anilines is 1. The van der Waals surface area contributed by atoms with Crippen molar-refractivity contribution in [1.29, 1.82) is 0 Å². The molecule has 61 heavy (non-hydrogen) atoms. The highest BCUT2D eigenvalue weighted by atomic mass is 35.5. The summed E-state index contributed by atoms with van der Waals surface area (Å²) < 4.78 is 105. The number of hydrogen-bond donors (Lipinski definition) is 2. The molecule has 1 fully saturated rings. The van der Waals surface area contributed by atoms with Gasteiger partial charge in [-0.05, 0) is 78.4 Å². The molecule has 1 aliphatic carbocycles. The highest BCUT2D eigenvalue weighted by molar-refractivity contribution is 7.93. The summed E-state index contributed by atoms with van der Waals surface area (Å²) in [7, 11) is -4.01. The van der Waals surface area contributed by atoms with Gasteiger partial charge in [-0.15, -0.1) is 0 Å². The summed E-state index contributed by atoms with van der Waals surface area (Å²) in [5, 5.41) is 10.5. The summed E-state index contributed by atoms with van der Waals surface area (Å²) >= 11 is 6.68. The number of halogens is 6. The van der Waals surface area contributed by atoms with Crippen LogP contribution < -0.4 is 15.6 Å². The largest absolute Gasteiger partial charge is 0.344 e. The number of hydrogen-bond acceptors (Lipinski definition) is 7. The molecule has 0 aliphatic heterocycles. The number of nitrogens with one attached hydrogen (secondary N) is 2. The van der Waals surface area contributed by atoms with Crippen molar-refractivity contribution < 1.29 is 35.2 Å². The Balaban J connectivity index is 1.39. The van der Waals surface area contributed by atoms with Gasteiger partial charge in [0.25, 0.3) is 12.0 Å². The molecule has 1 saturated carbocycles. The van der Waals surface area contributed by atoms with E-state index in [1.54, 1.807) is 18.3 Å². The van der Waals surface area contributed by atoms with Crippen molar-refractivity contribution in [2.45, 2.75) is 69.8 Å². The number of sulfonamides is 1. The maximum atomic E-state index is 15.1. The Kier molecular flexibility index (Phi) is 11.2. The zero-order chi connectivity index (χ0) is 43.3. The fourth-order valence-corrected chi connectivity index (χ4v) is 8.82. The van der Waals surface area contributed by atoms with Crippen LogP contribution in [0.5, 0.6) is 0 Å². The van der Waals surface area contributed by atoms with Crippen LogP contribution in [0.1, 0.15) is 55.7 Å². The second-order valence-corrected chi connectivity index (χ2v) is 17.4. The summed E-state index contributed by atoms with van der Waals surface area (Å²) in [5.41, 5.74) is 0.181. The number of rotatable bonds is 14. The molecule has 19 heteroatoms. The zero-order valence-electron chi connectivity index (χ0n) is 32.4. The molecule has 3 heterocycles. The topological polar surface area (TPSA) is 146 Å². The lowest BCUT2D eigenvalue weighted by Gasteiger charge is -2.24. The van der Waals surface area contributed by atoms with Crippen LogP contribution in [-0.4, -0.2) is 55.1 Å². The lowest BCUT2D eigenvalue weighted by molar-refractivity contribution is -0.122. The second kappa shape index (κ2) is 16.4. The van der Waals surface area contributed by atoms with Crippen molar-refractivity contribution >= 4 is 55.2 Å². The average Bonchev–Trinajstić information content (AvgIpc) is 3.87. The molecule has 0 bridgehead atoms. The molecule has 0 saturated heterocycles. The standard InChI is InChI=1S/C42H36ClF5N8O4S/c1-22(2)32-13-14-54(51-32)21-37(57)49-34(17-23-15-25(44)19-26(45)16-23)41-50-33-18-24(28-5-3-4-6-31(28)46)7-10-29(33)42(58)56(41)35-12-11-30(43)38-39(35)55(20-36(47)48)52-40(38)53-61(59,60)27-8-9-27/h3-7,10-16,18-19,22,27,34,36H,8-9,17,20-21H2,1-2H3,(H,49,57)(H,52,53)/t34-/m0/s1. The normalized spacial score (nSPS) is 13.7. The predicted octanol–water partition coefficient (Wildman–Crippen LogP) is 8.06. The Morgan fingerprint density at radius 2 is 1.69 bits per heavy atom. The minimum atomic E-state index is -4.01. The number of benzene rings is 4. The van der Waals surface area contributed by atoms with Crippen LogP contribution in [0.15, 0.2) is 89.9 Å². The average molecular weight is 879 g/mol. The predicted molar refractivity (Wildman–Crippen MR) is 220 cm³/mol. The fraction of sp³-hybridized carbons (Fsp3) is 0.262. The molecule has 0 unspecified atom stereocenters. The Morgan fingerprint density at radius 1 is 0.951 bits per heavy atom. The van der Waals surface area contributed by atoms with Crippen LogP contribution in [0.25, 0.3) is 38.6 Å². The Hall–Kier alpha value is -6.14. The third kappa shape index (κ3) is 8.59. The maximum Gasteiger partial charge on any atom is 0.266 e. The van der Waals surface area contributed by atoms with Crippen molar-refractivity contribution in [1.82, 2.24) is 34.4 Å². The fourth-order valence-electron chi connectivity index (χ4n) is 7.24. The first-order chi connectivity index (χ1) is 29.1. The van der Waals surface area contributed by atoms with Gasteiger partial charge in [0, 0.05) is 24.2 Å². The summed E-state index contributed by atoms with van der Waals surface area (Å²) in [4.78, 5) is 33.9. The van der Waals surface area contributed by atoms with Gasteiger partial charge >= 0.3 is 0 Å². The molecule has 4 aromatic carbocycles. The first kappa shape index (κ1) is 41.6. The van der Waals surface area contributed by atoms with E-state index in [0.717, 1.165) is 21.4 Å². The number of carbonyl (C=O) groups is 1. The number of carbonyl (C=O) groups excluding carboxylic acids is 1. The van der Waals surface area contributed by atoms with Crippen molar-refractivity contribution in [3.63, 3.8) is 0 Å². The summed E-state index contributed by atoms with van der Waals surface area (Å²) in [5.74, 6) is -3.60. The van der Waals surface area contributed by atoms with Crippen molar-refractivity contribution in [2.24, 2.45) is 0 Å².